The Labute approximate surface area is 433 Å². The number of benzene rings is 4. The van der Waals surface area contributed by atoms with Gasteiger partial charge < -0.3 is 16.0 Å². The molecule has 4 rings (SSSR count). The summed E-state index contributed by atoms with van der Waals surface area (Å²) < 4.78 is 0. The zero-order valence-electron chi connectivity index (χ0n) is 43.4. The Morgan fingerprint density at radius 3 is 0.806 bits per heavy atom. The molecule has 0 heterocycles. The smallest absolute Gasteiger partial charge is 0.255 e. The van der Waals surface area contributed by atoms with Gasteiger partial charge in [-0.15, -0.1) is 0 Å². The maximum atomic E-state index is 13.8. The third-order valence-corrected chi connectivity index (χ3v) is 11.9. The molecular weight excluding hydrogens is 883 g/mol. The number of rotatable bonds is 27. The Bertz CT molecular complexity index is 2370. The first kappa shape index (κ1) is 57.2. The molecule has 0 atom stereocenters. The van der Waals surface area contributed by atoms with Crippen LogP contribution < -0.4 is 16.0 Å². The lowest BCUT2D eigenvalue weighted by Crippen LogP contribution is -2.19. The summed E-state index contributed by atoms with van der Waals surface area (Å²) in [6, 6.07) is 25.9. The molecule has 372 valence electrons. The minimum absolute atomic E-state index is 0.130. The van der Waals surface area contributed by atoms with Gasteiger partial charge >= 0.3 is 0 Å². The van der Waals surface area contributed by atoms with Crippen molar-refractivity contribution in [2.75, 3.05) is 16.0 Å². The molecule has 0 aliphatic heterocycles. The number of carbonyl (C=O) groups excluding carboxylic acids is 3. The van der Waals surface area contributed by atoms with Gasteiger partial charge in [0.1, 0.15) is 0 Å². The van der Waals surface area contributed by atoms with Crippen molar-refractivity contribution in [2.45, 2.75) is 175 Å². The first-order valence-corrected chi connectivity index (χ1v) is 26.7. The lowest BCUT2D eigenvalue weighted by atomic mass is 10.0. The molecule has 0 radical (unpaired) electrons. The second-order valence-corrected chi connectivity index (χ2v) is 18.2. The van der Waals surface area contributed by atoms with Gasteiger partial charge in [0.15, 0.2) is 0 Å². The van der Waals surface area contributed by atoms with Crippen LogP contribution in [-0.2, 0) is 0 Å². The van der Waals surface area contributed by atoms with E-state index < -0.39 is 17.7 Å². The monoisotopic (exact) mass is 958 g/mol. The summed E-state index contributed by atoms with van der Waals surface area (Å²) in [4.78, 5) is 41.4. The second kappa shape index (κ2) is 36.6. The highest BCUT2D eigenvalue weighted by atomic mass is 16.2. The van der Waals surface area contributed by atoms with Crippen molar-refractivity contribution in [2.24, 2.45) is 0 Å². The fourth-order valence-electron chi connectivity index (χ4n) is 7.68. The molecule has 72 heavy (non-hydrogen) atoms. The molecule has 3 amide bonds. The summed E-state index contributed by atoms with van der Waals surface area (Å²) in [7, 11) is 0. The Morgan fingerprint density at radius 1 is 0.319 bits per heavy atom. The number of hydrogen-bond donors (Lipinski definition) is 3. The molecule has 4 aromatic carbocycles. The molecule has 0 bridgehead atoms. The first-order valence-electron chi connectivity index (χ1n) is 26.7. The van der Waals surface area contributed by atoms with E-state index in [0.717, 1.165) is 55.2 Å². The minimum atomic E-state index is -0.490. The summed E-state index contributed by atoms with van der Waals surface area (Å²) in [5.41, 5.74) is 4.27. The van der Waals surface area contributed by atoms with Crippen LogP contribution in [0.1, 0.15) is 223 Å². The van der Waals surface area contributed by atoms with Gasteiger partial charge in [0.05, 0.1) is 0 Å². The van der Waals surface area contributed by atoms with Crippen molar-refractivity contribution >= 4 is 34.8 Å². The number of hydrogen-bond acceptors (Lipinski definition) is 3. The standard InChI is InChI=1S/C66H75N3O3/c1-4-7-10-13-16-19-22-25-28-31-34-37-55-40-46-61(47-41-55)67-64(70)58-52-59(65(71)68-62-48-42-56(43-49-62)38-35-32-29-26-23-20-17-14-11-8-5-2)54-60(53-58)66(72)69-63-50-44-57(45-51-63)39-36-33-30-27-24-21-18-15-12-9-6-3/h40-54H,4-27H2,1-3H3,(H,67,70)(H,68,71)(H,69,72). The maximum absolute atomic E-state index is 13.8. The Morgan fingerprint density at radius 2 is 0.556 bits per heavy atom. The van der Waals surface area contributed by atoms with Crippen LogP contribution in [0.5, 0.6) is 0 Å². The fourth-order valence-corrected chi connectivity index (χ4v) is 7.68. The number of unbranched alkanes of at least 4 members (excludes halogenated alkanes) is 21. The highest BCUT2D eigenvalue weighted by molar-refractivity contribution is 6.13. The largest absolute Gasteiger partial charge is 0.322 e. The van der Waals surface area contributed by atoms with Crippen LogP contribution >= 0.6 is 0 Å². The van der Waals surface area contributed by atoms with Crippen molar-refractivity contribution in [3.05, 3.63) is 124 Å². The minimum Gasteiger partial charge on any atom is -0.322 e. The number of carbonyl (C=O) groups is 3. The summed E-state index contributed by atoms with van der Waals surface area (Å²) >= 11 is 0. The van der Waals surface area contributed by atoms with Crippen molar-refractivity contribution in [3.8, 4) is 71.0 Å². The quantitative estimate of drug-likeness (QED) is 0.0411. The molecule has 0 saturated heterocycles. The SMILES string of the molecule is CCCCCCCCCC#CC#Cc1ccc(NC(=O)c2cc(C(=O)Nc3ccc(C#CC#CCCCCCCCCC)cc3)cc(C(=O)Nc3ccc(C#CC#CCCCCCCCCC)cc3)c2)cc1. The number of anilines is 3. The highest BCUT2D eigenvalue weighted by Crippen LogP contribution is 2.20. The van der Waals surface area contributed by atoms with Gasteiger partial charge in [0.2, 0.25) is 0 Å². The van der Waals surface area contributed by atoms with Crippen LogP contribution in [-0.4, -0.2) is 17.7 Å². The molecule has 3 N–H and O–H groups in total. The van der Waals surface area contributed by atoms with E-state index in [0.29, 0.717) is 17.1 Å². The van der Waals surface area contributed by atoms with Gasteiger partial charge in [-0.3, -0.25) is 14.4 Å². The molecule has 0 spiro atoms. The molecular formula is C66H75N3O3. The van der Waals surface area contributed by atoms with Crippen LogP contribution in [0.25, 0.3) is 0 Å². The van der Waals surface area contributed by atoms with E-state index >= 15 is 0 Å². The average molecular weight is 958 g/mol. The molecule has 0 saturated carbocycles. The first-order chi connectivity index (χ1) is 35.4. The average Bonchev–Trinajstić information content (AvgIpc) is 3.40. The van der Waals surface area contributed by atoms with E-state index in [1.165, 1.54) is 134 Å². The molecule has 6 nitrogen and oxygen atoms in total. The summed E-state index contributed by atoms with van der Waals surface area (Å²) in [6.07, 6.45) is 28.8. The lowest BCUT2D eigenvalue weighted by molar-refractivity contribution is 0.102. The number of nitrogens with one attached hydrogen (secondary N) is 3. The predicted molar refractivity (Wildman–Crippen MR) is 301 cm³/mol. The van der Waals surface area contributed by atoms with Crippen molar-refractivity contribution in [3.63, 3.8) is 0 Å². The van der Waals surface area contributed by atoms with Gasteiger partial charge in [-0.2, -0.15) is 0 Å². The normalized spacial score (nSPS) is 9.88. The molecule has 0 aliphatic carbocycles. The third-order valence-electron chi connectivity index (χ3n) is 11.9. The Balaban J connectivity index is 1.41. The predicted octanol–water partition coefficient (Wildman–Crippen LogP) is 15.9. The van der Waals surface area contributed by atoms with Gasteiger partial charge in [-0.25, -0.2) is 0 Å². The summed E-state index contributed by atoms with van der Waals surface area (Å²) in [6.45, 7) is 6.70. The van der Waals surface area contributed by atoms with E-state index in [-0.39, 0.29) is 16.7 Å². The zero-order chi connectivity index (χ0) is 51.1. The molecule has 4 aromatic rings. The van der Waals surface area contributed by atoms with Gasteiger partial charge in [-0.05, 0) is 146 Å². The Hall–Kier alpha value is -7.35. The van der Waals surface area contributed by atoms with Crippen LogP contribution in [0.3, 0.4) is 0 Å². The molecule has 0 aliphatic rings. The number of amides is 3. The van der Waals surface area contributed by atoms with Gasteiger partial charge in [0.25, 0.3) is 17.7 Å². The highest BCUT2D eigenvalue weighted by Gasteiger charge is 2.18. The summed E-state index contributed by atoms with van der Waals surface area (Å²) in [5, 5.41) is 8.70. The van der Waals surface area contributed by atoms with E-state index in [4.69, 9.17) is 0 Å². The fraction of sp³-hybridized carbons (Fsp3) is 0.409. The van der Waals surface area contributed by atoms with Crippen molar-refractivity contribution < 1.29 is 14.4 Å². The van der Waals surface area contributed by atoms with Crippen molar-refractivity contribution in [1.29, 1.82) is 0 Å². The topological polar surface area (TPSA) is 87.3 Å². The van der Waals surface area contributed by atoms with Crippen LogP contribution in [0.15, 0.2) is 91.0 Å². The van der Waals surface area contributed by atoms with E-state index in [1.807, 2.05) is 36.4 Å². The van der Waals surface area contributed by atoms with Gasteiger partial charge in [0, 0.05) is 69.7 Å². The maximum Gasteiger partial charge on any atom is 0.255 e. The molecule has 0 aromatic heterocycles. The van der Waals surface area contributed by atoms with E-state index in [9.17, 15) is 14.4 Å². The lowest BCUT2D eigenvalue weighted by Gasteiger charge is -2.12. The second-order valence-electron chi connectivity index (χ2n) is 18.2. The van der Waals surface area contributed by atoms with Crippen molar-refractivity contribution in [1.82, 2.24) is 0 Å². The summed E-state index contributed by atoms with van der Waals surface area (Å²) in [5.74, 6) is 34.8. The zero-order valence-corrected chi connectivity index (χ0v) is 43.4. The Kier molecular flexibility index (Phi) is 29.1. The molecule has 0 unspecified atom stereocenters. The van der Waals surface area contributed by atoms with Gasteiger partial charge in [-0.1, -0.05) is 172 Å². The van der Waals surface area contributed by atoms with Crippen LogP contribution in [0.4, 0.5) is 17.1 Å². The van der Waals surface area contributed by atoms with E-state index in [2.05, 4.69) is 108 Å². The van der Waals surface area contributed by atoms with Crippen LogP contribution in [0.2, 0.25) is 0 Å². The van der Waals surface area contributed by atoms with Crippen LogP contribution in [0, 0.1) is 71.0 Å². The molecule has 0 fully saturated rings. The third kappa shape index (κ3) is 25.0. The molecule has 6 heteroatoms. The van der Waals surface area contributed by atoms with E-state index in [1.54, 1.807) is 36.4 Å².